The van der Waals surface area contributed by atoms with Gasteiger partial charge in [-0.25, -0.2) is 4.79 Å². The average Bonchev–Trinajstić information content (AvgIpc) is 3.14. The van der Waals surface area contributed by atoms with Crippen LogP contribution >= 0.6 is 0 Å². The minimum absolute atomic E-state index is 0.123. The Kier molecular flexibility index (Phi) is 13.7. The molecule has 2 aromatic carbocycles. The first-order valence-electron chi connectivity index (χ1n) is 17.1. The summed E-state index contributed by atoms with van der Waals surface area (Å²) in [6.45, 7) is -0.190. The second kappa shape index (κ2) is 17.9. The zero-order chi connectivity index (χ0) is 39.4. The molecule has 0 bridgehead atoms. The molecular formula is C35H46O19. The Morgan fingerprint density at radius 1 is 0.704 bits per heavy atom. The highest BCUT2D eigenvalue weighted by Gasteiger charge is 2.57. The molecule has 0 saturated carbocycles. The first-order chi connectivity index (χ1) is 25.6. The van der Waals surface area contributed by atoms with Crippen LogP contribution < -0.4 is 0 Å². The van der Waals surface area contributed by atoms with Crippen molar-refractivity contribution >= 4 is 12.0 Å². The monoisotopic (exact) mass is 770 g/mol. The van der Waals surface area contributed by atoms with E-state index in [1.165, 1.54) is 43.3 Å². The molecule has 15 atom stereocenters. The van der Waals surface area contributed by atoms with Crippen LogP contribution in [0.1, 0.15) is 18.1 Å². The van der Waals surface area contributed by atoms with Gasteiger partial charge in [-0.2, -0.15) is 0 Å². The van der Waals surface area contributed by atoms with Crippen LogP contribution in [0.5, 0.6) is 23.0 Å². The summed E-state index contributed by atoms with van der Waals surface area (Å²) in [6, 6.07) is 7.79. The molecule has 0 aromatic heterocycles. The maximum absolute atomic E-state index is 13.3. The standard InChI is InChI=1S/C35H46O19/c1-14-25(42)28(45)30(47)33(51-14)24-27(44)34(49-9-8-16-3-6-18(38)20(40)11-16)53-22(13-50-35-31(48)29(46)26(43)21(12-36)52-35)32(24)54-23(41)7-4-15-2-5-17(37)19(39)10-15/h2-7,10-11,14,21-22,24-40,42-48H,8-9,12-13H2,1H3. The van der Waals surface area contributed by atoms with Gasteiger partial charge in [0.2, 0.25) is 0 Å². The van der Waals surface area contributed by atoms with Crippen LogP contribution in [-0.4, -0.2) is 173 Å². The van der Waals surface area contributed by atoms with Gasteiger partial charge in [0.15, 0.2) is 35.6 Å². The van der Waals surface area contributed by atoms with Gasteiger partial charge in [-0.1, -0.05) is 12.1 Å². The largest absolute Gasteiger partial charge is 0.504 e. The molecule has 54 heavy (non-hydrogen) atoms. The number of hydrogen-bond donors (Lipinski definition) is 12. The minimum Gasteiger partial charge on any atom is -0.504 e. The van der Waals surface area contributed by atoms with E-state index >= 15 is 0 Å². The summed E-state index contributed by atoms with van der Waals surface area (Å²) in [6.07, 6.45) is -20.4. The van der Waals surface area contributed by atoms with Crippen molar-refractivity contribution in [2.45, 2.75) is 99.2 Å². The molecule has 3 heterocycles. The minimum atomic E-state index is -1.86. The van der Waals surface area contributed by atoms with Crippen molar-refractivity contribution in [1.82, 2.24) is 0 Å². The lowest BCUT2D eigenvalue weighted by atomic mass is 9.78. The average molecular weight is 771 g/mol. The van der Waals surface area contributed by atoms with Gasteiger partial charge >= 0.3 is 5.97 Å². The van der Waals surface area contributed by atoms with E-state index in [4.69, 9.17) is 28.4 Å². The highest BCUT2D eigenvalue weighted by molar-refractivity contribution is 5.87. The smallest absolute Gasteiger partial charge is 0.331 e. The van der Waals surface area contributed by atoms with Crippen molar-refractivity contribution in [2.75, 3.05) is 19.8 Å². The van der Waals surface area contributed by atoms with Gasteiger partial charge in [0.05, 0.1) is 37.9 Å². The Bertz CT molecular complexity index is 1590. The number of aliphatic hydroxyl groups is 8. The number of phenols is 4. The Hall–Kier alpha value is -3.67. The van der Waals surface area contributed by atoms with Gasteiger partial charge in [-0.05, 0) is 54.8 Å². The Morgan fingerprint density at radius 2 is 1.33 bits per heavy atom. The molecule has 19 nitrogen and oxygen atoms in total. The molecule has 3 aliphatic rings. The number of esters is 1. The van der Waals surface area contributed by atoms with E-state index in [1.807, 2.05) is 0 Å². The molecule has 5 rings (SSSR count). The fraction of sp³-hybridized carbons (Fsp3) is 0.571. The first-order valence-corrected chi connectivity index (χ1v) is 17.1. The fourth-order valence-corrected chi connectivity index (χ4v) is 6.56. The zero-order valence-electron chi connectivity index (χ0n) is 28.8. The third-order valence-corrected chi connectivity index (χ3v) is 9.65. The van der Waals surface area contributed by atoms with E-state index in [0.29, 0.717) is 5.56 Å². The summed E-state index contributed by atoms with van der Waals surface area (Å²) in [5.41, 5.74) is 0.792. The number of rotatable bonds is 12. The van der Waals surface area contributed by atoms with Gasteiger partial charge in [-0.3, -0.25) is 0 Å². The third-order valence-electron chi connectivity index (χ3n) is 9.65. The normalized spacial score (nSPS) is 37.3. The SMILES string of the molecule is CC1OC(C2C(O)C(OCCc3ccc(O)c(O)c3)OC(COC3OC(CO)C(O)C(O)C3O)C2OC(=O)C=Cc2ccc(O)c(O)c2)C(O)C(O)C1O. The number of aromatic hydroxyl groups is 4. The summed E-state index contributed by atoms with van der Waals surface area (Å²) in [7, 11) is 0. The number of benzene rings is 2. The molecule has 3 fully saturated rings. The molecule has 3 aliphatic heterocycles. The number of carbonyl (C=O) groups is 1. The fourth-order valence-electron chi connectivity index (χ4n) is 6.56. The van der Waals surface area contributed by atoms with Crippen LogP contribution in [0.15, 0.2) is 42.5 Å². The lowest BCUT2D eigenvalue weighted by molar-refractivity contribution is -0.340. The molecule has 3 saturated heterocycles. The van der Waals surface area contributed by atoms with Crippen LogP contribution in [0.2, 0.25) is 0 Å². The molecular weight excluding hydrogens is 724 g/mol. The Balaban J connectivity index is 1.46. The van der Waals surface area contributed by atoms with E-state index in [2.05, 4.69) is 0 Å². The number of phenolic OH excluding ortho intramolecular Hbond substituents is 4. The topological polar surface area (TPSA) is 315 Å². The predicted octanol–water partition coefficient (Wildman–Crippen LogP) is -2.92. The van der Waals surface area contributed by atoms with Crippen molar-refractivity contribution in [3.8, 4) is 23.0 Å². The summed E-state index contributed by atoms with van der Waals surface area (Å²) in [5.74, 6) is -4.16. The second-order valence-corrected chi connectivity index (χ2v) is 13.3. The molecule has 2 aromatic rings. The second-order valence-electron chi connectivity index (χ2n) is 13.3. The molecule has 0 amide bonds. The van der Waals surface area contributed by atoms with Crippen molar-refractivity contribution < 1.29 is 94.5 Å². The number of hydrogen-bond acceptors (Lipinski definition) is 19. The van der Waals surface area contributed by atoms with Crippen molar-refractivity contribution in [2.24, 2.45) is 5.92 Å². The zero-order valence-corrected chi connectivity index (χ0v) is 28.8. The van der Waals surface area contributed by atoms with Crippen LogP contribution in [0, 0.1) is 5.92 Å². The molecule has 0 aliphatic carbocycles. The van der Waals surface area contributed by atoms with Gasteiger partial charge in [0.1, 0.15) is 61.0 Å². The lowest BCUT2D eigenvalue weighted by Crippen LogP contribution is -2.67. The van der Waals surface area contributed by atoms with Gasteiger partial charge in [0.25, 0.3) is 0 Å². The van der Waals surface area contributed by atoms with E-state index in [9.17, 15) is 66.1 Å². The summed E-state index contributed by atoms with van der Waals surface area (Å²) >= 11 is 0. The maximum atomic E-state index is 13.3. The predicted molar refractivity (Wildman–Crippen MR) is 178 cm³/mol. The lowest BCUT2D eigenvalue weighted by Gasteiger charge is -2.50. The summed E-state index contributed by atoms with van der Waals surface area (Å²) < 4.78 is 34.8. The summed E-state index contributed by atoms with van der Waals surface area (Å²) in [4.78, 5) is 13.3. The highest BCUT2D eigenvalue weighted by Crippen LogP contribution is 2.39. The van der Waals surface area contributed by atoms with Crippen LogP contribution in [0.25, 0.3) is 6.08 Å². The molecule has 19 heteroatoms. The van der Waals surface area contributed by atoms with Gasteiger partial charge in [-0.15, -0.1) is 0 Å². The van der Waals surface area contributed by atoms with Gasteiger partial charge in [0, 0.05) is 6.08 Å². The summed E-state index contributed by atoms with van der Waals surface area (Å²) in [5, 5.41) is 124. The Morgan fingerprint density at radius 3 is 2.00 bits per heavy atom. The van der Waals surface area contributed by atoms with Crippen LogP contribution in [-0.2, 0) is 39.6 Å². The van der Waals surface area contributed by atoms with Crippen LogP contribution in [0.3, 0.4) is 0 Å². The Labute approximate surface area is 308 Å². The number of ether oxygens (including phenoxy) is 6. The third kappa shape index (κ3) is 9.23. The first kappa shape index (κ1) is 41.5. The van der Waals surface area contributed by atoms with Crippen LogP contribution in [0.4, 0.5) is 0 Å². The van der Waals surface area contributed by atoms with Crippen molar-refractivity contribution in [1.29, 1.82) is 0 Å². The van der Waals surface area contributed by atoms with Crippen molar-refractivity contribution in [3.05, 3.63) is 53.6 Å². The molecule has 12 N–H and O–H groups in total. The highest BCUT2D eigenvalue weighted by atomic mass is 16.7. The number of carbonyl (C=O) groups excluding carboxylic acids is 1. The van der Waals surface area contributed by atoms with Crippen molar-refractivity contribution in [3.63, 3.8) is 0 Å². The van der Waals surface area contributed by atoms with E-state index in [0.717, 1.165) is 12.1 Å². The quantitative estimate of drug-likeness (QED) is 0.0584. The molecule has 300 valence electrons. The molecule has 15 unspecified atom stereocenters. The molecule has 0 spiro atoms. The maximum Gasteiger partial charge on any atom is 0.331 e. The number of aliphatic hydroxyl groups excluding tert-OH is 8. The van der Waals surface area contributed by atoms with E-state index < -0.39 is 122 Å². The van der Waals surface area contributed by atoms with E-state index in [1.54, 1.807) is 0 Å². The van der Waals surface area contributed by atoms with Gasteiger partial charge < -0.3 is 89.7 Å². The van der Waals surface area contributed by atoms with E-state index in [-0.39, 0.29) is 30.1 Å². The molecule has 0 radical (unpaired) electrons.